The molecule has 2 aromatic rings. The highest BCUT2D eigenvalue weighted by Crippen LogP contribution is 2.31. The Bertz CT molecular complexity index is 1200. The summed E-state index contributed by atoms with van der Waals surface area (Å²) < 4.78 is 0. The molecular weight excluding hydrogens is 498 g/mol. The molecule has 194 valence electrons. The van der Waals surface area contributed by atoms with Crippen LogP contribution in [0.25, 0.3) is 0 Å². The van der Waals surface area contributed by atoms with Gasteiger partial charge < -0.3 is 24.9 Å². The van der Waals surface area contributed by atoms with E-state index in [1.165, 1.54) is 4.90 Å². The summed E-state index contributed by atoms with van der Waals surface area (Å²) in [6.45, 7) is 2.99. The Labute approximate surface area is 219 Å². The number of hydrogen-bond acceptors (Lipinski definition) is 6. The van der Waals surface area contributed by atoms with E-state index in [-0.39, 0.29) is 5.91 Å². The molecule has 11 heteroatoms. The topological polar surface area (TPSA) is 102 Å². The number of amides is 5. The zero-order valence-corrected chi connectivity index (χ0v) is 21.0. The summed E-state index contributed by atoms with van der Waals surface area (Å²) in [5.41, 5.74) is 2.10. The number of hydrogen-bond donors (Lipinski definition) is 1. The van der Waals surface area contributed by atoms with Gasteiger partial charge in [-0.3, -0.25) is 9.59 Å². The molecule has 0 bridgehead atoms. The summed E-state index contributed by atoms with van der Waals surface area (Å²) in [6, 6.07) is 13.1. The lowest BCUT2D eigenvalue weighted by Gasteiger charge is -2.36. The molecular formula is C26H28ClN5O5. The number of hydroxylamine groups is 2. The van der Waals surface area contributed by atoms with Gasteiger partial charge in [-0.2, -0.15) is 0 Å². The number of carbonyl (C=O) groups is 4. The third kappa shape index (κ3) is 5.20. The molecule has 1 N–H and O–H groups in total. The Hall–Kier alpha value is -3.79. The van der Waals surface area contributed by atoms with Crippen LogP contribution < -0.4 is 10.2 Å². The van der Waals surface area contributed by atoms with Gasteiger partial charge in [0.25, 0.3) is 11.8 Å². The molecule has 5 amide bonds. The average molecular weight is 526 g/mol. The quantitative estimate of drug-likeness (QED) is 0.602. The molecule has 5 rings (SSSR count). The van der Waals surface area contributed by atoms with Crippen LogP contribution in [0.3, 0.4) is 0 Å². The van der Waals surface area contributed by atoms with Crippen molar-refractivity contribution in [1.29, 1.82) is 0 Å². The van der Waals surface area contributed by atoms with E-state index in [2.05, 4.69) is 5.32 Å². The summed E-state index contributed by atoms with van der Waals surface area (Å²) in [6.07, 6.45) is 1.53. The van der Waals surface area contributed by atoms with Gasteiger partial charge in [0.15, 0.2) is 0 Å². The van der Waals surface area contributed by atoms with Crippen LogP contribution in [0.2, 0.25) is 5.02 Å². The van der Waals surface area contributed by atoms with Crippen LogP contribution in [0.1, 0.15) is 28.8 Å². The van der Waals surface area contributed by atoms with E-state index < -0.39 is 24.1 Å². The lowest BCUT2D eigenvalue weighted by atomic mass is 10.1. The summed E-state index contributed by atoms with van der Waals surface area (Å²) in [7, 11) is 0. The van der Waals surface area contributed by atoms with Crippen LogP contribution in [-0.2, 0) is 16.1 Å². The maximum absolute atomic E-state index is 12.9. The second-order valence-corrected chi connectivity index (χ2v) is 9.67. The number of urea groups is 1. The lowest BCUT2D eigenvalue weighted by molar-refractivity contribution is -0.151. The Kier molecular flexibility index (Phi) is 7.18. The third-order valence-electron chi connectivity index (χ3n) is 6.91. The van der Waals surface area contributed by atoms with Crippen molar-refractivity contribution in [1.82, 2.24) is 20.2 Å². The minimum Gasteiger partial charge on any atom is -0.367 e. The molecule has 0 spiro atoms. The van der Waals surface area contributed by atoms with Crippen molar-refractivity contribution in [2.45, 2.75) is 25.3 Å². The van der Waals surface area contributed by atoms with E-state index in [1.54, 1.807) is 6.07 Å². The number of nitrogens with zero attached hydrogens (tertiary/aromatic N) is 4. The summed E-state index contributed by atoms with van der Waals surface area (Å²) >= 11 is 6.65. The van der Waals surface area contributed by atoms with Crippen LogP contribution in [0, 0.1) is 0 Å². The molecule has 3 heterocycles. The largest absolute Gasteiger partial charge is 0.434 e. The van der Waals surface area contributed by atoms with Gasteiger partial charge in [0.2, 0.25) is 0 Å². The normalized spacial score (nSPS) is 19.9. The number of nitrogens with one attached hydrogen (secondary N) is 1. The number of imide groups is 1. The monoisotopic (exact) mass is 525 g/mol. The van der Waals surface area contributed by atoms with Crippen molar-refractivity contribution in [3.05, 3.63) is 64.7 Å². The van der Waals surface area contributed by atoms with Gasteiger partial charge in [0.05, 0.1) is 16.3 Å². The SMILES string of the molecule is O=C(ON1C(=O)NC(Cc2ccccc2)C1=O)N1CCN(c2cccc(C(=O)N3CCCC3)c2Cl)CC1. The van der Waals surface area contributed by atoms with Crippen molar-refractivity contribution in [2.24, 2.45) is 0 Å². The van der Waals surface area contributed by atoms with Crippen LogP contribution in [0.4, 0.5) is 15.3 Å². The first-order valence-corrected chi connectivity index (χ1v) is 12.8. The summed E-state index contributed by atoms with van der Waals surface area (Å²) in [5, 5.41) is 3.48. The van der Waals surface area contributed by atoms with Crippen molar-refractivity contribution in [3.63, 3.8) is 0 Å². The molecule has 3 aliphatic rings. The Morgan fingerprint density at radius 3 is 2.30 bits per heavy atom. The molecule has 0 aliphatic carbocycles. The Morgan fingerprint density at radius 1 is 0.892 bits per heavy atom. The molecule has 37 heavy (non-hydrogen) atoms. The fraction of sp³-hybridized carbons (Fsp3) is 0.385. The maximum atomic E-state index is 12.9. The van der Waals surface area contributed by atoms with Crippen LogP contribution >= 0.6 is 11.6 Å². The van der Waals surface area contributed by atoms with E-state index in [1.807, 2.05) is 52.3 Å². The fourth-order valence-corrected chi connectivity index (χ4v) is 5.20. The van der Waals surface area contributed by atoms with Crippen LogP contribution in [-0.4, -0.2) is 84.1 Å². The number of anilines is 1. The highest BCUT2D eigenvalue weighted by molar-refractivity contribution is 6.36. The number of rotatable bonds is 5. The van der Waals surface area contributed by atoms with Gasteiger partial charge >= 0.3 is 12.1 Å². The Morgan fingerprint density at radius 2 is 1.59 bits per heavy atom. The molecule has 2 aromatic carbocycles. The van der Waals surface area contributed by atoms with Gasteiger partial charge in [-0.1, -0.05) is 53.1 Å². The highest BCUT2D eigenvalue weighted by Gasteiger charge is 2.42. The number of carbonyl (C=O) groups excluding carboxylic acids is 4. The predicted molar refractivity (Wildman–Crippen MR) is 136 cm³/mol. The molecule has 0 radical (unpaired) electrons. The number of piperazine rings is 1. The Balaban J connectivity index is 1.17. The first-order valence-electron chi connectivity index (χ1n) is 12.4. The molecule has 3 aliphatic heterocycles. The lowest BCUT2D eigenvalue weighted by Crippen LogP contribution is -2.50. The fourth-order valence-electron chi connectivity index (χ4n) is 4.87. The minimum atomic E-state index is -0.794. The van der Waals surface area contributed by atoms with E-state index >= 15 is 0 Å². The van der Waals surface area contributed by atoms with Gasteiger partial charge in [0.1, 0.15) is 6.04 Å². The first-order chi connectivity index (χ1) is 17.9. The first kappa shape index (κ1) is 24.9. The zero-order chi connectivity index (χ0) is 25.9. The standard InChI is InChI=1S/C26H28ClN5O5/c27-22-19(23(33)30-11-4-5-12-30)9-6-10-21(22)29-13-15-31(16-14-29)26(36)37-32-24(34)20(28-25(32)35)17-18-7-2-1-3-8-18/h1-3,6-10,20H,4-5,11-17H2,(H,28,35). The van der Waals surface area contributed by atoms with Gasteiger partial charge in [0, 0.05) is 45.7 Å². The van der Waals surface area contributed by atoms with Gasteiger partial charge in [-0.15, -0.1) is 0 Å². The number of benzene rings is 2. The average Bonchev–Trinajstić information content (AvgIpc) is 3.54. The molecule has 0 saturated carbocycles. The van der Waals surface area contributed by atoms with E-state index in [0.717, 1.165) is 37.2 Å². The summed E-state index contributed by atoms with van der Waals surface area (Å²) in [4.78, 5) is 61.1. The van der Waals surface area contributed by atoms with E-state index in [4.69, 9.17) is 16.4 Å². The van der Waals surface area contributed by atoms with Crippen molar-refractivity contribution in [3.8, 4) is 0 Å². The van der Waals surface area contributed by atoms with E-state index in [0.29, 0.717) is 48.2 Å². The molecule has 1 atom stereocenters. The summed E-state index contributed by atoms with van der Waals surface area (Å²) in [5.74, 6) is -0.669. The van der Waals surface area contributed by atoms with E-state index in [9.17, 15) is 19.2 Å². The third-order valence-corrected chi connectivity index (χ3v) is 7.31. The van der Waals surface area contributed by atoms with Crippen molar-refractivity contribution in [2.75, 3.05) is 44.2 Å². The smallest absolute Gasteiger partial charge is 0.367 e. The molecule has 1 unspecified atom stereocenters. The van der Waals surface area contributed by atoms with Gasteiger partial charge in [-0.25, -0.2) is 9.59 Å². The van der Waals surface area contributed by atoms with Crippen LogP contribution in [0.5, 0.6) is 0 Å². The highest BCUT2D eigenvalue weighted by atomic mass is 35.5. The molecule has 3 fully saturated rings. The van der Waals surface area contributed by atoms with Crippen molar-refractivity contribution < 1.29 is 24.0 Å². The maximum Gasteiger partial charge on any atom is 0.434 e. The minimum absolute atomic E-state index is 0.0642. The second kappa shape index (κ2) is 10.7. The van der Waals surface area contributed by atoms with Crippen LogP contribution in [0.15, 0.2) is 48.5 Å². The second-order valence-electron chi connectivity index (χ2n) is 9.29. The molecule has 0 aromatic heterocycles. The van der Waals surface area contributed by atoms with Crippen molar-refractivity contribution >= 4 is 41.2 Å². The number of halogens is 1. The molecule has 3 saturated heterocycles. The predicted octanol–water partition coefficient (Wildman–Crippen LogP) is 2.91. The number of likely N-dealkylation sites (tertiary alicyclic amines) is 1. The zero-order valence-electron chi connectivity index (χ0n) is 20.3. The molecule has 10 nitrogen and oxygen atoms in total. The van der Waals surface area contributed by atoms with Gasteiger partial charge in [-0.05, 0) is 30.5 Å².